The normalized spacial score (nSPS) is 22.8. The van der Waals surface area contributed by atoms with E-state index in [2.05, 4.69) is 19.2 Å². The Morgan fingerprint density at radius 2 is 1.43 bits per heavy atom. The molecule has 0 spiro atoms. The van der Waals surface area contributed by atoms with Gasteiger partial charge in [-0.3, -0.25) is 0 Å². The van der Waals surface area contributed by atoms with E-state index in [0.717, 1.165) is 30.8 Å². The number of allylic oxidation sites excluding steroid dienone is 1. The zero-order chi connectivity index (χ0) is 23.3. The van der Waals surface area contributed by atoms with Gasteiger partial charge in [-0.1, -0.05) is 12.2 Å². The SMILES string of the molecule is C=CCCOc1ccc(OCC2CCC(C3CCC(C=C)CC3)CC2)c(F)c1F.[C-]#CO.[CH3-].[HH].[HH].[V].[Y]. The minimum atomic E-state index is -0.981. The molecular weight excluding hydrogens is 562 g/mol. The van der Waals surface area contributed by atoms with Gasteiger partial charge in [0.15, 0.2) is 11.5 Å². The van der Waals surface area contributed by atoms with Crippen molar-refractivity contribution in [3.8, 4) is 17.6 Å². The Hall–Kier alpha value is -0.792. The van der Waals surface area contributed by atoms with Gasteiger partial charge in [-0.15, -0.1) is 13.2 Å². The van der Waals surface area contributed by atoms with E-state index in [1.807, 2.05) is 0 Å². The van der Waals surface area contributed by atoms with Gasteiger partial charge in [0.25, 0.3) is 0 Å². The molecule has 1 aromatic rings. The van der Waals surface area contributed by atoms with Crippen molar-refractivity contribution in [2.75, 3.05) is 13.2 Å². The van der Waals surface area contributed by atoms with Crippen LogP contribution in [0.1, 0.15) is 60.6 Å². The molecule has 0 heterocycles. The fraction of sp³-hybridized carbons (Fsp3) is 0.536. The van der Waals surface area contributed by atoms with E-state index < -0.39 is 11.6 Å². The Morgan fingerprint density at radius 1 is 0.971 bits per heavy atom. The molecule has 1 N–H and O–H groups in total. The first-order valence-electron chi connectivity index (χ1n) is 11.6. The zero-order valence-corrected chi connectivity index (χ0v) is 25.1. The summed E-state index contributed by atoms with van der Waals surface area (Å²) in [6.07, 6.45) is 20.8. The van der Waals surface area contributed by atoms with Gasteiger partial charge < -0.3 is 28.4 Å². The van der Waals surface area contributed by atoms with Crippen LogP contribution in [0.2, 0.25) is 0 Å². The minimum absolute atomic E-state index is 0. The van der Waals surface area contributed by atoms with Gasteiger partial charge in [0.2, 0.25) is 11.6 Å². The van der Waals surface area contributed by atoms with Crippen LogP contribution in [-0.2, 0) is 51.3 Å². The average Bonchev–Trinajstić information content (AvgIpc) is 2.82. The fourth-order valence-corrected chi connectivity index (χ4v) is 4.88. The van der Waals surface area contributed by atoms with Crippen molar-refractivity contribution in [1.82, 2.24) is 0 Å². The van der Waals surface area contributed by atoms with Gasteiger partial charge in [0.05, 0.1) is 13.2 Å². The van der Waals surface area contributed by atoms with Crippen LogP contribution in [0.25, 0.3) is 0 Å². The summed E-state index contributed by atoms with van der Waals surface area (Å²) in [6, 6.07) is 2.90. The maximum Gasteiger partial charge on any atom is 0.204 e. The van der Waals surface area contributed by atoms with Crippen LogP contribution < -0.4 is 9.47 Å². The van der Waals surface area contributed by atoms with Crippen LogP contribution in [0.3, 0.4) is 0 Å². The van der Waals surface area contributed by atoms with E-state index in [9.17, 15) is 8.78 Å². The maximum absolute atomic E-state index is 14.3. The first kappa shape index (κ1) is 36.4. The molecule has 0 saturated heterocycles. The Balaban J connectivity index is -0.000000649. The van der Waals surface area contributed by atoms with Crippen molar-refractivity contribution in [2.45, 2.75) is 57.8 Å². The number of hydrogen-bond acceptors (Lipinski definition) is 3. The second-order valence-corrected chi connectivity index (χ2v) is 8.73. The summed E-state index contributed by atoms with van der Waals surface area (Å²) in [5, 5.41) is 6.99. The van der Waals surface area contributed by atoms with Crippen molar-refractivity contribution in [3.63, 3.8) is 0 Å². The third kappa shape index (κ3) is 11.9. The van der Waals surface area contributed by atoms with Gasteiger partial charge in [-0.2, -0.15) is 14.9 Å². The number of aliphatic hydroxyl groups is 1. The average molecular weight is 604 g/mol. The topological polar surface area (TPSA) is 38.7 Å². The molecule has 1 aromatic carbocycles. The molecule has 0 atom stereocenters. The van der Waals surface area contributed by atoms with E-state index in [1.165, 1.54) is 50.7 Å². The molecule has 3 rings (SSSR count). The zero-order valence-electron chi connectivity index (χ0n) is 20.9. The third-order valence-corrected chi connectivity index (χ3v) is 6.77. The molecule has 2 aliphatic carbocycles. The number of hydrogen-bond donors (Lipinski definition) is 1. The molecule has 3 nitrogen and oxygen atoms in total. The Kier molecular flexibility index (Phi) is 21.1. The van der Waals surface area contributed by atoms with Crippen molar-refractivity contribution < 1.29 is 77.5 Å². The second-order valence-electron chi connectivity index (χ2n) is 8.73. The molecule has 2 radical (unpaired) electrons. The molecular formula is C28H42F2O3VY-2. The van der Waals surface area contributed by atoms with Crippen LogP contribution in [0.15, 0.2) is 37.4 Å². The Morgan fingerprint density at radius 3 is 1.89 bits per heavy atom. The molecule has 196 valence electrons. The number of ether oxygens (including phenoxy) is 2. The Labute approximate surface area is 251 Å². The molecule has 0 unspecified atom stereocenters. The molecule has 0 amide bonds. The standard InChI is InChI=1S/C25H34F2O2.C2HO.CH3.V.Y.2H2/c1-3-5-16-28-22-14-15-23(25(27)24(22)26)29-17-19-8-12-21(13-9-19)20-10-6-18(4-2)7-11-20;1-2-3;;;;;/h3-4,14-15,18-21H,1-2,5-13,16-17H2;3H;1H3;;;2*1H/q;2*-1;;;;. The van der Waals surface area contributed by atoms with Crippen LogP contribution >= 0.6 is 0 Å². The molecule has 0 aliphatic heterocycles. The molecule has 0 aromatic heterocycles. The molecule has 35 heavy (non-hydrogen) atoms. The van der Waals surface area contributed by atoms with Gasteiger partial charge in [-0.25, -0.2) is 0 Å². The number of halogens is 2. The molecule has 2 fully saturated rings. The number of benzene rings is 1. The number of aliphatic hydroxyl groups excluding tert-OH is 1. The third-order valence-electron chi connectivity index (χ3n) is 6.77. The van der Waals surface area contributed by atoms with Gasteiger partial charge in [-0.05, 0) is 93.6 Å². The summed E-state index contributed by atoms with van der Waals surface area (Å²) in [7, 11) is 0. The summed E-state index contributed by atoms with van der Waals surface area (Å²) < 4.78 is 39.3. The largest absolute Gasteiger partial charge is 0.648 e. The van der Waals surface area contributed by atoms with Gasteiger partial charge >= 0.3 is 0 Å². The predicted molar refractivity (Wildman–Crippen MR) is 133 cm³/mol. The van der Waals surface area contributed by atoms with E-state index in [-0.39, 0.29) is 79.7 Å². The number of rotatable bonds is 9. The molecule has 2 saturated carbocycles. The summed E-state index contributed by atoms with van der Waals surface area (Å²) in [6.45, 7) is 8.24. The summed E-state index contributed by atoms with van der Waals surface area (Å²) >= 11 is 0. The molecule has 7 heteroatoms. The van der Waals surface area contributed by atoms with E-state index in [0.29, 0.717) is 24.9 Å². The Bertz CT molecular complexity index is 779. The minimum Gasteiger partial charge on any atom is -0.648 e. The van der Waals surface area contributed by atoms with Crippen molar-refractivity contribution in [3.05, 3.63) is 62.9 Å². The van der Waals surface area contributed by atoms with Crippen molar-refractivity contribution in [2.24, 2.45) is 23.7 Å². The van der Waals surface area contributed by atoms with Crippen molar-refractivity contribution in [1.29, 1.82) is 0 Å². The quantitative estimate of drug-likeness (QED) is 0.135. The fourth-order valence-electron chi connectivity index (χ4n) is 4.88. The van der Waals surface area contributed by atoms with Gasteiger partial charge in [0.1, 0.15) is 0 Å². The second kappa shape index (κ2) is 20.3. The van der Waals surface area contributed by atoms with Crippen LogP contribution in [-0.4, -0.2) is 18.3 Å². The van der Waals surface area contributed by atoms with Crippen LogP contribution in [0.4, 0.5) is 8.78 Å². The smallest absolute Gasteiger partial charge is 0.204 e. The van der Waals surface area contributed by atoms with E-state index in [1.54, 1.807) is 6.08 Å². The first-order valence-corrected chi connectivity index (χ1v) is 11.6. The van der Waals surface area contributed by atoms with Crippen LogP contribution in [0, 0.1) is 55.3 Å². The van der Waals surface area contributed by atoms with Crippen molar-refractivity contribution >= 4 is 0 Å². The summed E-state index contributed by atoms with van der Waals surface area (Å²) in [5.74, 6) is 0.754. The van der Waals surface area contributed by atoms with Crippen LogP contribution in [0.5, 0.6) is 11.5 Å². The van der Waals surface area contributed by atoms with E-state index in [4.69, 9.17) is 21.0 Å². The monoisotopic (exact) mass is 604 g/mol. The predicted octanol–water partition coefficient (Wildman–Crippen LogP) is 7.94. The summed E-state index contributed by atoms with van der Waals surface area (Å²) in [4.78, 5) is 0. The molecule has 0 bridgehead atoms. The van der Waals surface area contributed by atoms with Gasteiger partial charge in [0, 0.05) is 54.1 Å². The van der Waals surface area contributed by atoms with E-state index >= 15 is 0 Å². The first-order chi connectivity index (χ1) is 15.5. The maximum atomic E-state index is 14.3. The summed E-state index contributed by atoms with van der Waals surface area (Å²) in [5.41, 5.74) is 0. The molecule has 2 aliphatic rings.